The van der Waals surface area contributed by atoms with Crippen LogP contribution in [0, 0.1) is 5.92 Å². The normalized spacial score (nSPS) is 21.4. The van der Waals surface area contributed by atoms with Gasteiger partial charge in [0.15, 0.2) is 5.76 Å². The van der Waals surface area contributed by atoms with Crippen molar-refractivity contribution in [2.75, 3.05) is 33.8 Å². The van der Waals surface area contributed by atoms with Gasteiger partial charge in [0, 0.05) is 31.7 Å². The average Bonchev–Trinajstić information content (AvgIpc) is 3.26. The largest absolute Gasteiger partial charge is 0.454 e. The predicted molar refractivity (Wildman–Crippen MR) is 86.4 cm³/mol. The highest BCUT2D eigenvalue weighted by atomic mass is 16.4. The molecule has 0 bridgehead atoms. The van der Waals surface area contributed by atoms with E-state index in [9.17, 15) is 9.90 Å². The zero-order valence-corrected chi connectivity index (χ0v) is 14.0. The molecule has 0 aromatic carbocycles. The number of aliphatic hydroxyl groups excluding tert-OH is 1. The molecule has 1 amide bonds. The van der Waals surface area contributed by atoms with Gasteiger partial charge in [0.25, 0.3) is 5.91 Å². The molecule has 1 N–H and O–H groups in total. The van der Waals surface area contributed by atoms with Crippen LogP contribution in [0.4, 0.5) is 0 Å². The lowest BCUT2D eigenvalue weighted by Gasteiger charge is -2.40. The fourth-order valence-electron chi connectivity index (χ4n) is 3.17. The Kier molecular flexibility index (Phi) is 4.96. The number of amides is 1. The fraction of sp³-hybridized carbons (Fsp3) is 0.562. The Morgan fingerprint density at radius 3 is 2.96 bits per heavy atom. The van der Waals surface area contributed by atoms with Gasteiger partial charge in [-0.25, -0.2) is 9.67 Å². The number of aliphatic hydroxyl groups is 1. The highest BCUT2D eigenvalue weighted by Gasteiger charge is 2.33. The number of likely N-dealkylation sites (tertiary alicyclic amines) is 1. The molecule has 0 unspecified atom stereocenters. The Balaban J connectivity index is 1.67. The molecular formula is C16H23N5O3. The van der Waals surface area contributed by atoms with E-state index in [-0.39, 0.29) is 24.5 Å². The second kappa shape index (κ2) is 7.14. The van der Waals surface area contributed by atoms with Gasteiger partial charge >= 0.3 is 0 Å². The van der Waals surface area contributed by atoms with Crippen molar-refractivity contribution < 1.29 is 14.3 Å². The summed E-state index contributed by atoms with van der Waals surface area (Å²) in [7, 11) is 3.95. The highest BCUT2D eigenvalue weighted by Crippen LogP contribution is 2.23. The maximum Gasteiger partial charge on any atom is 0.289 e. The molecule has 2 aromatic rings. The Bertz CT molecular complexity index is 667. The summed E-state index contributed by atoms with van der Waals surface area (Å²) in [6.45, 7) is 1.82. The lowest BCUT2D eigenvalue weighted by Crippen LogP contribution is -2.53. The molecule has 8 nitrogen and oxygen atoms in total. The summed E-state index contributed by atoms with van der Waals surface area (Å²) in [5, 5.41) is 13.5. The number of hydrogen-bond acceptors (Lipinski definition) is 6. The lowest BCUT2D eigenvalue weighted by molar-refractivity contribution is 0.0357. The lowest BCUT2D eigenvalue weighted by atomic mass is 9.91. The molecule has 2 atom stereocenters. The Morgan fingerprint density at radius 2 is 2.29 bits per heavy atom. The van der Waals surface area contributed by atoms with E-state index in [1.165, 1.54) is 6.33 Å². The van der Waals surface area contributed by atoms with Crippen molar-refractivity contribution in [1.82, 2.24) is 24.6 Å². The predicted octanol–water partition coefficient (Wildman–Crippen LogP) is 0.304. The Morgan fingerprint density at radius 1 is 1.46 bits per heavy atom. The second-order valence-electron chi connectivity index (χ2n) is 6.37. The number of nitrogens with zero attached hydrogens (tertiary/aromatic N) is 5. The van der Waals surface area contributed by atoms with Gasteiger partial charge in [-0.1, -0.05) is 0 Å². The zero-order chi connectivity index (χ0) is 17.1. The zero-order valence-electron chi connectivity index (χ0n) is 14.0. The van der Waals surface area contributed by atoms with Crippen LogP contribution in [0.5, 0.6) is 0 Å². The Labute approximate surface area is 140 Å². The number of hydrogen-bond donors (Lipinski definition) is 1. The summed E-state index contributed by atoms with van der Waals surface area (Å²) in [5.41, 5.74) is 0. The van der Waals surface area contributed by atoms with E-state index in [1.807, 2.05) is 14.1 Å². The van der Waals surface area contributed by atoms with E-state index in [0.717, 1.165) is 6.42 Å². The maximum absolute atomic E-state index is 12.7. The van der Waals surface area contributed by atoms with E-state index >= 15 is 0 Å². The first kappa shape index (κ1) is 16.7. The molecule has 130 valence electrons. The van der Waals surface area contributed by atoms with Crippen molar-refractivity contribution in [2.24, 2.45) is 5.92 Å². The van der Waals surface area contributed by atoms with Gasteiger partial charge < -0.3 is 19.3 Å². The molecular weight excluding hydrogens is 310 g/mol. The monoisotopic (exact) mass is 333 g/mol. The van der Waals surface area contributed by atoms with Crippen LogP contribution in [-0.4, -0.2) is 75.4 Å². The van der Waals surface area contributed by atoms with Gasteiger partial charge in [0.2, 0.25) is 0 Å². The fourth-order valence-corrected chi connectivity index (χ4v) is 3.17. The van der Waals surface area contributed by atoms with E-state index in [4.69, 9.17) is 4.42 Å². The standard InChI is InChI=1S/C16H23N5O3/c1-19(2)14-8-20(6-5-12(14)9-22)16(23)15-4-3-13(24-15)7-21-11-17-10-18-21/h3-4,10-12,14,22H,5-9H2,1-2H3/t12-,14-/m1/s1. The number of likely N-dealkylation sites (N-methyl/N-ethyl adjacent to an activating group) is 1. The summed E-state index contributed by atoms with van der Waals surface area (Å²) in [4.78, 5) is 20.4. The molecule has 3 rings (SSSR count). The van der Waals surface area contributed by atoms with Crippen molar-refractivity contribution in [3.05, 3.63) is 36.3 Å². The van der Waals surface area contributed by atoms with Crippen molar-refractivity contribution in [3.63, 3.8) is 0 Å². The average molecular weight is 333 g/mol. The van der Waals surface area contributed by atoms with Crippen LogP contribution in [0.15, 0.2) is 29.2 Å². The molecule has 1 aliphatic heterocycles. The summed E-state index contributed by atoms with van der Waals surface area (Å²) >= 11 is 0. The Hall–Kier alpha value is -2.19. The molecule has 1 saturated heterocycles. The topological polar surface area (TPSA) is 87.6 Å². The number of piperidine rings is 1. The minimum Gasteiger partial charge on any atom is -0.454 e. The summed E-state index contributed by atoms with van der Waals surface area (Å²) in [6, 6.07) is 3.65. The first-order valence-corrected chi connectivity index (χ1v) is 8.06. The van der Waals surface area contributed by atoms with Crippen LogP contribution in [0.2, 0.25) is 0 Å². The third-order valence-corrected chi connectivity index (χ3v) is 4.56. The van der Waals surface area contributed by atoms with E-state index in [0.29, 0.717) is 31.2 Å². The maximum atomic E-state index is 12.7. The minimum atomic E-state index is -0.108. The quantitative estimate of drug-likeness (QED) is 0.847. The molecule has 8 heteroatoms. The molecule has 1 aliphatic rings. The van der Waals surface area contributed by atoms with Crippen LogP contribution in [0.25, 0.3) is 0 Å². The van der Waals surface area contributed by atoms with E-state index < -0.39 is 0 Å². The molecule has 3 heterocycles. The SMILES string of the molecule is CN(C)[C@@H]1CN(C(=O)c2ccc(Cn3cncn3)o2)CC[C@@H]1CO. The molecule has 24 heavy (non-hydrogen) atoms. The van der Waals surface area contributed by atoms with Crippen molar-refractivity contribution in [1.29, 1.82) is 0 Å². The first-order chi connectivity index (χ1) is 11.6. The van der Waals surface area contributed by atoms with Gasteiger partial charge in [-0.3, -0.25) is 4.79 Å². The van der Waals surface area contributed by atoms with E-state index in [2.05, 4.69) is 15.0 Å². The molecule has 0 spiro atoms. The smallest absolute Gasteiger partial charge is 0.289 e. The van der Waals surface area contributed by atoms with Crippen LogP contribution in [0.1, 0.15) is 22.7 Å². The molecule has 1 fully saturated rings. The van der Waals surface area contributed by atoms with Crippen molar-refractivity contribution in [2.45, 2.75) is 19.0 Å². The van der Waals surface area contributed by atoms with Gasteiger partial charge in [-0.2, -0.15) is 5.10 Å². The number of carbonyl (C=O) groups is 1. The molecule has 0 aliphatic carbocycles. The van der Waals surface area contributed by atoms with Crippen LogP contribution >= 0.6 is 0 Å². The molecule has 0 saturated carbocycles. The number of furan rings is 1. The summed E-state index contributed by atoms with van der Waals surface area (Å²) in [5.74, 6) is 1.09. The highest BCUT2D eigenvalue weighted by molar-refractivity contribution is 5.91. The van der Waals surface area contributed by atoms with Crippen molar-refractivity contribution in [3.8, 4) is 0 Å². The molecule has 2 aromatic heterocycles. The van der Waals surface area contributed by atoms with Gasteiger partial charge in [0.1, 0.15) is 25.0 Å². The van der Waals surface area contributed by atoms with E-state index in [1.54, 1.807) is 28.0 Å². The van der Waals surface area contributed by atoms with Gasteiger partial charge in [-0.15, -0.1) is 0 Å². The molecule has 0 radical (unpaired) electrons. The number of carbonyl (C=O) groups excluding carboxylic acids is 1. The van der Waals surface area contributed by atoms with Crippen LogP contribution in [-0.2, 0) is 6.54 Å². The second-order valence-corrected chi connectivity index (χ2v) is 6.37. The van der Waals surface area contributed by atoms with Crippen LogP contribution < -0.4 is 0 Å². The first-order valence-electron chi connectivity index (χ1n) is 8.06. The summed E-state index contributed by atoms with van der Waals surface area (Å²) < 4.78 is 7.32. The van der Waals surface area contributed by atoms with Gasteiger partial charge in [0.05, 0.1) is 0 Å². The number of aromatic nitrogens is 3. The van der Waals surface area contributed by atoms with Crippen molar-refractivity contribution >= 4 is 5.91 Å². The van der Waals surface area contributed by atoms with Crippen LogP contribution in [0.3, 0.4) is 0 Å². The minimum absolute atomic E-state index is 0.108. The third kappa shape index (κ3) is 3.49. The van der Waals surface area contributed by atoms with Gasteiger partial charge in [-0.05, 0) is 32.6 Å². The summed E-state index contributed by atoms with van der Waals surface area (Å²) in [6.07, 6.45) is 3.85. The number of rotatable bonds is 5. The third-order valence-electron chi connectivity index (χ3n) is 4.56.